The largest absolute Gasteiger partial charge is 0.454 e. The number of benzene rings is 7. The van der Waals surface area contributed by atoms with E-state index in [4.69, 9.17) is 9.41 Å². The fourth-order valence-electron chi connectivity index (χ4n) is 9.25. The molecule has 4 unspecified atom stereocenters. The molecule has 0 spiro atoms. The highest BCUT2D eigenvalue weighted by Crippen LogP contribution is 2.50. The summed E-state index contributed by atoms with van der Waals surface area (Å²) in [4.78, 5) is 7.72. The van der Waals surface area contributed by atoms with Crippen molar-refractivity contribution >= 4 is 70.7 Å². The Balaban J connectivity index is 0.968. The van der Waals surface area contributed by atoms with Crippen LogP contribution in [0.4, 0.5) is 11.4 Å². The molecule has 2 aromatic heterocycles. The first-order valence-electron chi connectivity index (χ1n) is 19.6. The van der Waals surface area contributed by atoms with Crippen molar-refractivity contribution in [3.8, 4) is 11.1 Å². The van der Waals surface area contributed by atoms with E-state index in [1.54, 1.807) is 0 Å². The minimum Gasteiger partial charge on any atom is -0.454 e. The molecule has 0 saturated heterocycles. The van der Waals surface area contributed by atoms with Gasteiger partial charge >= 0.3 is 0 Å². The monoisotopic (exact) mass is 752 g/mol. The summed E-state index contributed by atoms with van der Waals surface area (Å²) in [5.41, 5.74) is 11.2. The molecule has 3 aliphatic rings. The lowest BCUT2D eigenvalue weighted by Crippen LogP contribution is -2.44. The molecule has 2 N–H and O–H groups in total. The standard InChI is InChI=1S/C51H36N4OS/c1-3-13-31(14-4-1)49-52-50(32-15-5-2-6-16-32)54-51(53-49)34-26-28-45-40(29-34)47-35(19-12-24-46(47)57-45)33-25-27-38-39-20-11-23-43(48(39)56-44(38)30-33)55-41-21-9-7-17-36(41)37-18-8-10-22-42(37)55/h1-30,36,41,49-50,52H,(H,53,54). The van der Waals surface area contributed by atoms with E-state index in [2.05, 4.69) is 198 Å². The van der Waals surface area contributed by atoms with Crippen LogP contribution in [0.3, 0.4) is 0 Å². The zero-order chi connectivity index (χ0) is 37.5. The second-order valence-electron chi connectivity index (χ2n) is 15.1. The van der Waals surface area contributed by atoms with Gasteiger partial charge in [0.2, 0.25) is 0 Å². The lowest BCUT2D eigenvalue weighted by atomic mass is 9.91. The second-order valence-corrected chi connectivity index (χ2v) is 16.2. The minimum absolute atomic E-state index is 0.0944. The van der Waals surface area contributed by atoms with Crippen molar-refractivity contribution in [1.82, 2.24) is 10.6 Å². The number of aliphatic imine (C=N–C) groups is 1. The number of anilines is 2. The first-order chi connectivity index (χ1) is 28.2. The summed E-state index contributed by atoms with van der Waals surface area (Å²) in [5, 5.41) is 12.2. The third-order valence-electron chi connectivity index (χ3n) is 11.9. The Hall–Kier alpha value is -6.73. The fraction of sp³-hybridized carbons (Fsp3) is 0.0784. The summed E-state index contributed by atoms with van der Waals surface area (Å²) < 4.78 is 9.42. The highest BCUT2D eigenvalue weighted by molar-refractivity contribution is 7.26. The summed E-state index contributed by atoms with van der Waals surface area (Å²) in [7, 11) is 0. The van der Waals surface area contributed by atoms with Crippen LogP contribution >= 0.6 is 11.3 Å². The first-order valence-corrected chi connectivity index (χ1v) is 20.4. The number of hydrogen-bond donors (Lipinski definition) is 2. The maximum Gasteiger partial charge on any atom is 0.159 e. The summed E-state index contributed by atoms with van der Waals surface area (Å²) in [6.07, 6.45) is 8.70. The summed E-state index contributed by atoms with van der Waals surface area (Å²) in [5.74, 6) is 1.19. The Bertz CT molecular complexity index is 3120. The van der Waals surface area contributed by atoms with E-state index in [1.165, 1.54) is 42.6 Å². The van der Waals surface area contributed by atoms with Crippen molar-refractivity contribution in [1.29, 1.82) is 0 Å². The van der Waals surface area contributed by atoms with Gasteiger partial charge in [0.05, 0.1) is 11.7 Å². The predicted molar refractivity (Wildman–Crippen MR) is 237 cm³/mol. The van der Waals surface area contributed by atoms with E-state index >= 15 is 0 Å². The number of nitrogens with zero attached hydrogens (tertiary/aromatic N) is 2. The third kappa shape index (κ3) is 5.22. The van der Waals surface area contributed by atoms with Crippen LogP contribution < -0.4 is 15.5 Å². The molecule has 6 heteroatoms. The molecular weight excluding hydrogens is 717 g/mol. The number of amidine groups is 1. The second kappa shape index (κ2) is 12.9. The van der Waals surface area contributed by atoms with Gasteiger partial charge < -0.3 is 14.6 Å². The van der Waals surface area contributed by atoms with Crippen LogP contribution in [0.1, 0.15) is 40.5 Å². The Morgan fingerprint density at radius 2 is 1.37 bits per heavy atom. The van der Waals surface area contributed by atoms with E-state index < -0.39 is 0 Å². The van der Waals surface area contributed by atoms with Crippen molar-refractivity contribution in [2.45, 2.75) is 24.3 Å². The normalized spacial score (nSPS) is 19.9. The van der Waals surface area contributed by atoms with E-state index in [-0.39, 0.29) is 18.4 Å². The van der Waals surface area contributed by atoms with Gasteiger partial charge in [0.25, 0.3) is 0 Å². The van der Waals surface area contributed by atoms with Gasteiger partial charge in [-0.2, -0.15) is 0 Å². The number of thiophene rings is 1. The number of nitrogens with one attached hydrogen (secondary N) is 2. The van der Waals surface area contributed by atoms with Gasteiger partial charge in [0.15, 0.2) is 5.58 Å². The average Bonchev–Trinajstić information content (AvgIpc) is 3.96. The predicted octanol–water partition coefficient (Wildman–Crippen LogP) is 12.7. The lowest BCUT2D eigenvalue weighted by molar-refractivity contribution is 0.409. The molecule has 2 aliphatic heterocycles. The number of hydrogen-bond acceptors (Lipinski definition) is 6. The molecule has 9 aromatic rings. The van der Waals surface area contributed by atoms with E-state index in [1.807, 2.05) is 11.3 Å². The molecule has 7 aromatic carbocycles. The highest BCUT2D eigenvalue weighted by atomic mass is 32.1. The van der Waals surface area contributed by atoms with Gasteiger partial charge in [-0.3, -0.25) is 5.32 Å². The number of fused-ring (bicyclic) bond motifs is 9. The van der Waals surface area contributed by atoms with Gasteiger partial charge in [-0.1, -0.05) is 133 Å². The number of allylic oxidation sites excluding steroid dienone is 2. The van der Waals surface area contributed by atoms with Gasteiger partial charge in [-0.15, -0.1) is 11.3 Å². The molecule has 0 amide bonds. The van der Waals surface area contributed by atoms with E-state index in [0.717, 1.165) is 50.2 Å². The van der Waals surface area contributed by atoms with Crippen LogP contribution in [0.5, 0.6) is 0 Å². The van der Waals surface area contributed by atoms with Gasteiger partial charge in [0, 0.05) is 48.1 Å². The van der Waals surface area contributed by atoms with Crippen LogP contribution in [0.2, 0.25) is 0 Å². The molecule has 0 bridgehead atoms. The number of furan rings is 1. The van der Waals surface area contributed by atoms with Crippen LogP contribution in [-0.2, 0) is 0 Å². The molecule has 12 rings (SSSR count). The first kappa shape index (κ1) is 32.5. The molecule has 0 fully saturated rings. The maximum atomic E-state index is 6.91. The summed E-state index contributed by atoms with van der Waals surface area (Å²) >= 11 is 1.84. The van der Waals surface area contributed by atoms with Gasteiger partial charge in [0.1, 0.15) is 23.8 Å². The molecule has 57 heavy (non-hydrogen) atoms. The number of para-hydroxylation sites is 2. The molecule has 4 heterocycles. The smallest absolute Gasteiger partial charge is 0.159 e. The van der Waals surface area contributed by atoms with Crippen molar-refractivity contribution in [2.24, 2.45) is 4.99 Å². The summed E-state index contributed by atoms with van der Waals surface area (Å²) in [6.45, 7) is 0. The van der Waals surface area contributed by atoms with Crippen LogP contribution in [0.15, 0.2) is 191 Å². The van der Waals surface area contributed by atoms with Crippen molar-refractivity contribution < 1.29 is 4.42 Å². The van der Waals surface area contributed by atoms with Crippen molar-refractivity contribution in [2.75, 3.05) is 4.90 Å². The van der Waals surface area contributed by atoms with Crippen molar-refractivity contribution in [3.63, 3.8) is 0 Å². The van der Waals surface area contributed by atoms with Gasteiger partial charge in [-0.25, -0.2) is 4.99 Å². The summed E-state index contributed by atoms with van der Waals surface area (Å²) in [6, 6.07) is 56.7. The molecule has 0 saturated carbocycles. The van der Waals surface area contributed by atoms with E-state index in [9.17, 15) is 0 Å². The topological polar surface area (TPSA) is 52.8 Å². The zero-order valence-corrected chi connectivity index (χ0v) is 31.7. The average molecular weight is 753 g/mol. The molecule has 4 atom stereocenters. The SMILES string of the molecule is C1=CC2c3ccccc3N(c3cccc4c3oc3cc(-c5cccc6sc7ccc(C8=NC(c9ccccc9)NC(c9ccccc9)N8)cc7c56)ccc34)C2C=C1. The van der Waals surface area contributed by atoms with Crippen molar-refractivity contribution in [3.05, 3.63) is 204 Å². The quantitative estimate of drug-likeness (QED) is 0.184. The minimum atomic E-state index is -0.188. The van der Waals surface area contributed by atoms with Crippen LogP contribution in [0, 0.1) is 0 Å². The Morgan fingerprint density at radius 1 is 0.596 bits per heavy atom. The van der Waals surface area contributed by atoms with Crippen LogP contribution in [0.25, 0.3) is 53.2 Å². The lowest BCUT2D eigenvalue weighted by Gasteiger charge is -2.32. The Kier molecular flexibility index (Phi) is 7.37. The van der Waals surface area contributed by atoms with E-state index in [0.29, 0.717) is 5.92 Å². The Labute approximate surface area is 333 Å². The maximum absolute atomic E-state index is 6.91. The zero-order valence-electron chi connectivity index (χ0n) is 30.8. The molecular formula is C51H36N4OS. The Morgan fingerprint density at radius 3 is 2.26 bits per heavy atom. The van der Waals surface area contributed by atoms with Gasteiger partial charge in [-0.05, 0) is 76.3 Å². The fourth-order valence-corrected chi connectivity index (χ4v) is 10.4. The number of rotatable bonds is 5. The molecule has 5 nitrogen and oxygen atoms in total. The molecule has 272 valence electrons. The van der Waals surface area contributed by atoms with Crippen LogP contribution in [-0.4, -0.2) is 11.9 Å². The third-order valence-corrected chi connectivity index (χ3v) is 13.0. The highest BCUT2D eigenvalue weighted by Gasteiger charge is 2.38. The molecule has 1 aliphatic carbocycles. The molecule has 0 radical (unpaired) electrons.